The first-order chi connectivity index (χ1) is 8.91. The third-order valence-corrected chi connectivity index (χ3v) is 5.34. The molecule has 1 aromatic rings. The van der Waals surface area contributed by atoms with Crippen LogP contribution in [-0.4, -0.2) is 21.7 Å². The summed E-state index contributed by atoms with van der Waals surface area (Å²) in [4.78, 5) is 12.4. The highest BCUT2D eigenvalue weighted by atomic mass is 79.9. The molecule has 5 heteroatoms. The fourth-order valence-electron chi connectivity index (χ4n) is 2.90. The molecule has 0 aliphatic heterocycles. The van der Waals surface area contributed by atoms with Crippen molar-refractivity contribution in [1.82, 2.24) is 15.1 Å². The second-order valence-corrected chi connectivity index (χ2v) is 6.51. The first kappa shape index (κ1) is 14.6. The highest BCUT2D eigenvalue weighted by Gasteiger charge is 2.29. The van der Waals surface area contributed by atoms with Crippen LogP contribution in [0.4, 0.5) is 0 Å². The highest BCUT2D eigenvalue weighted by Crippen LogP contribution is 2.30. The second-order valence-electron chi connectivity index (χ2n) is 5.72. The van der Waals surface area contributed by atoms with Crippen molar-refractivity contribution in [2.45, 2.75) is 46.1 Å². The smallest absolute Gasteiger partial charge is 0.270 e. The van der Waals surface area contributed by atoms with Crippen molar-refractivity contribution in [1.29, 1.82) is 0 Å². The first-order valence-corrected chi connectivity index (χ1v) is 7.71. The van der Waals surface area contributed by atoms with Crippen LogP contribution in [0.5, 0.6) is 0 Å². The zero-order valence-corrected chi connectivity index (χ0v) is 13.6. The zero-order chi connectivity index (χ0) is 14.2. The number of carbonyl (C=O) groups excluding carboxylic acids is 1. The molecule has 0 spiro atoms. The van der Waals surface area contributed by atoms with Gasteiger partial charge in [0.1, 0.15) is 5.69 Å². The van der Waals surface area contributed by atoms with Crippen molar-refractivity contribution in [2.24, 2.45) is 18.9 Å². The van der Waals surface area contributed by atoms with Gasteiger partial charge in [-0.2, -0.15) is 5.10 Å². The third kappa shape index (κ3) is 2.86. The van der Waals surface area contributed by atoms with Gasteiger partial charge in [-0.25, -0.2) is 0 Å². The monoisotopic (exact) mass is 327 g/mol. The molecule has 106 valence electrons. The molecule has 1 N–H and O–H groups in total. The lowest BCUT2D eigenvalue weighted by molar-refractivity contribution is 0.0880. The Labute approximate surface area is 123 Å². The Morgan fingerprint density at radius 1 is 1.42 bits per heavy atom. The van der Waals surface area contributed by atoms with E-state index in [0.29, 0.717) is 17.5 Å². The van der Waals surface area contributed by atoms with E-state index in [-0.39, 0.29) is 11.9 Å². The van der Waals surface area contributed by atoms with E-state index in [4.69, 9.17) is 0 Å². The summed E-state index contributed by atoms with van der Waals surface area (Å²) in [5.74, 6) is 1.18. The quantitative estimate of drug-likeness (QED) is 0.907. The number of nitrogens with one attached hydrogen (secondary N) is 1. The summed E-state index contributed by atoms with van der Waals surface area (Å²) in [5, 5.41) is 7.45. The molecule has 0 saturated heterocycles. The molecule has 1 saturated carbocycles. The van der Waals surface area contributed by atoms with E-state index in [0.717, 1.165) is 16.6 Å². The largest absolute Gasteiger partial charge is 0.348 e. The average Bonchev–Trinajstić information content (AvgIpc) is 2.59. The molecule has 1 aliphatic rings. The SMILES string of the molecule is Cc1nn(C)c(C(=O)NC2CCCC(C)C2C)c1Br. The van der Waals surface area contributed by atoms with Gasteiger partial charge in [-0.15, -0.1) is 0 Å². The third-order valence-electron chi connectivity index (χ3n) is 4.39. The van der Waals surface area contributed by atoms with Crippen molar-refractivity contribution in [3.05, 3.63) is 15.9 Å². The topological polar surface area (TPSA) is 46.9 Å². The summed E-state index contributed by atoms with van der Waals surface area (Å²) in [7, 11) is 1.81. The summed E-state index contributed by atoms with van der Waals surface area (Å²) in [6, 6.07) is 0.276. The molecule has 4 nitrogen and oxygen atoms in total. The summed E-state index contributed by atoms with van der Waals surface area (Å²) in [6.45, 7) is 6.40. The van der Waals surface area contributed by atoms with Gasteiger partial charge < -0.3 is 5.32 Å². The maximum Gasteiger partial charge on any atom is 0.270 e. The number of aromatic nitrogens is 2. The number of rotatable bonds is 2. The molecule has 19 heavy (non-hydrogen) atoms. The van der Waals surface area contributed by atoms with Crippen molar-refractivity contribution in [2.75, 3.05) is 0 Å². The second kappa shape index (κ2) is 5.65. The molecule has 3 unspecified atom stereocenters. The number of aryl methyl sites for hydroxylation is 2. The molecule has 1 aliphatic carbocycles. The van der Waals surface area contributed by atoms with Gasteiger partial charge >= 0.3 is 0 Å². The van der Waals surface area contributed by atoms with Crippen LogP contribution in [-0.2, 0) is 7.05 Å². The Morgan fingerprint density at radius 2 is 2.11 bits per heavy atom. The lowest BCUT2D eigenvalue weighted by Gasteiger charge is -2.34. The van der Waals surface area contributed by atoms with Crippen LogP contribution in [0.15, 0.2) is 4.47 Å². The Hall–Kier alpha value is -0.840. The zero-order valence-electron chi connectivity index (χ0n) is 12.0. The lowest BCUT2D eigenvalue weighted by atomic mass is 9.78. The predicted molar refractivity (Wildman–Crippen MR) is 79.1 cm³/mol. The van der Waals surface area contributed by atoms with Crippen molar-refractivity contribution < 1.29 is 4.79 Å². The minimum absolute atomic E-state index is 0.0269. The van der Waals surface area contributed by atoms with Crippen LogP contribution in [0.1, 0.15) is 49.3 Å². The molecule has 1 heterocycles. The van der Waals surface area contributed by atoms with Gasteiger partial charge in [0.25, 0.3) is 5.91 Å². The van der Waals surface area contributed by atoms with Gasteiger partial charge in [0.2, 0.25) is 0 Å². The maximum absolute atomic E-state index is 12.4. The van der Waals surface area contributed by atoms with Crippen LogP contribution >= 0.6 is 15.9 Å². The van der Waals surface area contributed by atoms with Gasteiger partial charge in [0.05, 0.1) is 10.2 Å². The maximum atomic E-state index is 12.4. The summed E-state index contributed by atoms with van der Waals surface area (Å²) >= 11 is 3.45. The molecule has 1 amide bonds. The van der Waals surface area contributed by atoms with Crippen molar-refractivity contribution >= 4 is 21.8 Å². The number of nitrogens with zero attached hydrogens (tertiary/aromatic N) is 2. The molecule has 2 rings (SSSR count). The molecule has 0 aromatic carbocycles. The highest BCUT2D eigenvalue weighted by molar-refractivity contribution is 9.10. The molecular formula is C14H22BrN3O. The van der Waals surface area contributed by atoms with E-state index < -0.39 is 0 Å². The van der Waals surface area contributed by atoms with E-state index in [1.165, 1.54) is 12.8 Å². The number of halogens is 1. The van der Waals surface area contributed by atoms with Gasteiger partial charge in [0, 0.05) is 13.1 Å². The minimum Gasteiger partial charge on any atom is -0.348 e. The van der Waals surface area contributed by atoms with Crippen LogP contribution in [0, 0.1) is 18.8 Å². The van der Waals surface area contributed by atoms with E-state index in [1.807, 2.05) is 6.92 Å². The molecule has 1 fully saturated rings. The van der Waals surface area contributed by atoms with E-state index in [9.17, 15) is 4.79 Å². The number of hydrogen-bond donors (Lipinski definition) is 1. The standard InChI is InChI=1S/C14H22BrN3O/c1-8-6-5-7-11(9(8)2)16-14(19)13-12(15)10(3)17-18(13)4/h8-9,11H,5-7H2,1-4H3,(H,16,19). The van der Waals surface area contributed by atoms with Crippen molar-refractivity contribution in [3.63, 3.8) is 0 Å². The number of amides is 1. The van der Waals surface area contributed by atoms with Crippen LogP contribution in [0.25, 0.3) is 0 Å². The fourth-order valence-corrected chi connectivity index (χ4v) is 3.42. The summed E-state index contributed by atoms with van der Waals surface area (Å²) < 4.78 is 2.44. The number of carbonyl (C=O) groups is 1. The van der Waals surface area contributed by atoms with E-state index >= 15 is 0 Å². The van der Waals surface area contributed by atoms with Crippen LogP contribution in [0.3, 0.4) is 0 Å². The molecule has 0 bridgehead atoms. The van der Waals surface area contributed by atoms with E-state index in [1.54, 1.807) is 11.7 Å². The normalized spacial score (nSPS) is 27.3. The Balaban J connectivity index is 2.12. The molecule has 1 aromatic heterocycles. The molecule has 3 atom stereocenters. The molecular weight excluding hydrogens is 306 g/mol. The van der Waals surface area contributed by atoms with Gasteiger partial charge in [-0.1, -0.05) is 26.7 Å². The summed E-state index contributed by atoms with van der Waals surface area (Å²) in [5.41, 5.74) is 1.46. The van der Waals surface area contributed by atoms with E-state index in [2.05, 4.69) is 40.2 Å². The van der Waals surface area contributed by atoms with Gasteiger partial charge in [0.15, 0.2) is 0 Å². The first-order valence-electron chi connectivity index (χ1n) is 6.91. The number of hydrogen-bond acceptors (Lipinski definition) is 2. The Bertz CT molecular complexity index is 483. The minimum atomic E-state index is -0.0269. The molecule has 0 radical (unpaired) electrons. The Kier molecular flexibility index (Phi) is 4.33. The summed E-state index contributed by atoms with van der Waals surface area (Å²) in [6.07, 6.45) is 3.54. The fraction of sp³-hybridized carbons (Fsp3) is 0.714. The predicted octanol–water partition coefficient (Wildman–Crippen LogP) is 3.05. The van der Waals surface area contributed by atoms with Crippen LogP contribution < -0.4 is 5.32 Å². The van der Waals surface area contributed by atoms with Crippen molar-refractivity contribution in [3.8, 4) is 0 Å². The average molecular weight is 328 g/mol. The van der Waals surface area contributed by atoms with Crippen LogP contribution in [0.2, 0.25) is 0 Å². The lowest BCUT2D eigenvalue weighted by Crippen LogP contribution is -2.44. The Morgan fingerprint density at radius 3 is 2.68 bits per heavy atom. The van der Waals surface area contributed by atoms with Gasteiger partial charge in [-0.3, -0.25) is 9.48 Å². The van der Waals surface area contributed by atoms with Gasteiger partial charge in [-0.05, 0) is 41.1 Å².